The molecule has 28 heavy (non-hydrogen) atoms. The van der Waals surface area contributed by atoms with E-state index in [4.69, 9.17) is 22.1 Å². The summed E-state index contributed by atoms with van der Waals surface area (Å²) < 4.78 is 5.22. The molecule has 2 rings (SSSR count). The van der Waals surface area contributed by atoms with Gasteiger partial charge in [-0.1, -0.05) is 49.7 Å². The van der Waals surface area contributed by atoms with Gasteiger partial charge >= 0.3 is 0 Å². The van der Waals surface area contributed by atoms with Crippen LogP contribution in [0.3, 0.4) is 0 Å². The second kappa shape index (κ2) is 12.7. The molecule has 0 spiro atoms. The quantitative estimate of drug-likeness (QED) is 0.582. The number of anilines is 1. The summed E-state index contributed by atoms with van der Waals surface area (Å²) in [5, 5.41) is 3.22. The predicted octanol–water partition coefficient (Wildman–Crippen LogP) is 4.55. The number of nitrogen functional groups attached to an aromatic ring is 1. The Morgan fingerprint density at radius 3 is 2.21 bits per heavy atom. The highest BCUT2D eigenvalue weighted by Crippen LogP contribution is 2.28. The molecule has 0 bridgehead atoms. The van der Waals surface area contributed by atoms with E-state index in [1.807, 2.05) is 12.1 Å². The smallest absolute Gasteiger partial charge is 0.255 e. The normalized spacial score (nSPS) is 10.0. The fraction of sp³-hybridized carbons (Fsp3) is 0.350. The van der Waals surface area contributed by atoms with Crippen molar-refractivity contribution in [2.75, 3.05) is 25.9 Å². The Kier molecular flexibility index (Phi) is 12.0. The van der Waals surface area contributed by atoms with Crippen LogP contribution in [0.15, 0.2) is 36.4 Å². The van der Waals surface area contributed by atoms with Crippen molar-refractivity contribution < 1.29 is 9.53 Å². The number of carbonyl (C=O) groups excluding carboxylic acids is 1. The average molecular weight is 449 g/mol. The SMILES string of the molecule is CCN(CC)Cc1ccc(CNC(=O)c2cc(Cl)c(N)cc2OC)cc1.Cl.Cl. The number of benzene rings is 2. The first kappa shape index (κ1) is 26.3. The Morgan fingerprint density at radius 2 is 1.68 bits per heavy atom. The standard InChI is InChI=1S/C20H26ClN3O2.2ClH/c1-4-24(5-2)13-15-8-6-14(7-9-15)12-23-20(25)16-10-17(21)18(22)11-19(16)26-3;;/h6-11H,4-5,12-13,22H2,1-3H3,(H,23,25);2*1H. The molecular formula is C20H28Cl3N3O2. The molecule has 1 amide bonds. The van der Waals surface area contributed by atoms with Crippen molar-refractivity contribution in [2.24, 2.45) is 0 Å². The van der Waals surface area contributed by atoms with Crippen molar-refractivity contribution in [1.82, 2.24) is 10.2 Å². The fourth-order valence-electron chi connectivity index (χ4n) is 2.66. The minimum Gasteiger partial charge on any atom is -0.496 e. The minimum absolute atomic E-state index is 0. The molecule has 156 valence electrons. The van der Waals surface area contributed by atoms with E-state index in [0.29, 0.717) is 28.6 Å². The second-order valence-corrected chi connectivity index (χ2v) is 6.44. The number of halogens is 3. The van der Waals surface area contributed by atoms with Gasteiger partial charge in [0.25, 0.3) is 5.91 Å². The van der Waals surface area contributed by atoms with Crippen LogP contribution in [-0.2, 0) is 13.1 Å². The highest BCUT2D eigenvalue weighted by Gasteiger charge is 2.14. The molecule has 0 aliphatic carbocycles. The number of rotatable bonds is 8. The van der Waals surface area contributed by atoms with E-state index < -0.39 is 0 Å². The van der Waals surface area contributed by atoms with Gasteiger partial charge in [0.2, 0.25) is 0 Å². The van der Waals surface area contributed by atoms with Gasteiger partial charge in [-0.2, -0.15) is 0 Å². The van der Waals surface area contributed by atoms with Crippen LogP contribution in [0.25, 0.3) is 0 Å². The molecular weight excluding hydrogens is 421 g/mol. The molecule has 3 N–H and O–H groups in total. The lowest BCUT2D eigenvalue weighted by Crippen LogP contribution is -2.24. The number of nitrogens with one attached hydrogen (secondary N) is 1. The third kappa shape index (κ3) is 7.06. The number of nitrogens with two attached hydrogens (primary N) is 1. The summed E-state index contributed by atoms with van der Waals surface area (Å²) in [6.07, 6.45) is 0. The maximum Gasteiger partial charge on any atom is 0.255 e. The summed E-state index contributed by atoms with van der Waals surface area (Å²) in [5.74, 6) is 0.148. The molecule has 5 nitrogen and oxygen atoms in total. The summed E-state index contributed by atoms with van der Waals surface area (Å²) in [4.78, 5) is 14.8. The van der Waals surface area contributed by atoms with E-state index >= 15 is 0 Å². The maximum atomic E-state index is 12.5. The monoisotopic (exact) mass is 447 g/mol. The van der Waals surface area contributed by atoms with E-state index in [1.54, 1.807) is 6.07 Å². The predicted molar refractivity (Wildman–Crippen MR) is 121 cm³/mol. The van der Waals surface area contributed by atoms with Crippen molar-refractivity contribution in [1.29, 1.82) is 0 Å². The van der Waals surface area contributed by atoms with E-state index in [2.05, 4.69) is 36.2 Å². The fourth-order valence-corrected chi connectivity index (χ4v) is 2.82. The van der Waals surface area contributed by atoms with Gasteiger partial charge in [0.15, 0.2) is 0 Å². The van der Waals surface area contributed by atoms with Crippen molar-refractivity contribution in [3.05, 3.63) is 58.1 Å². The first-order valence-electron chi connectivity index (χ1n) is 8.69. The molecule has 0 unspecified atom stereocenters. The summed E-state index contributed by atoms with van der Waals surface area (Å²) in [6.45, 7) is 7.73. The number of hydrogen-bond acceptors (Lipinski definition) is 4. The molecule has 0 atom stereocenters. The Labute approximate surface area is 184 Å². The zero-order valence-corrected chi connectivity index (χ0v) is 18.7. The Bertz CT molecular complexity index is 751. The highest BCUT2D eigenvalue weighted by molar-refractivity contribution is 6.33. The Hall–Kier alpha value is -1.66. The van der Waals surface area contributed by atoms with Crippen molar-refractivity contribution >= 4 is 48.0 Å². The summed E-state index contributed by atoms with van der Waals surface area (Å²) in [7, 11) is 1.49. The van der Waals surface area contributed by atoms with E-state index in [0.717, 1.165) is 25.2 Å². The van der Waals surface area contributed by atoms with Crippen molar-refractivity contribution in [3.8, 4) is 5.75 Å². The van der Waals surface area contributed by atoms with Gasteiger partial charge in [0.05, 0.1) is 23.4 Å². The maximum absolute atomic E-state index is 12.5. The third-order valence-corrected chi connectivity index (χ3v) is 4.67. The zero-order chi connectivity index (χ0) is 19.1. The first-order valence-corrected chi connectivity index (χ1v) is 9.07. The van der Waals surface area contributed by atoms with Gasteiger partial charge in [-0.05, 0) is 30.3 Å². The average Bonchev–Trinajstić information content (AvgIpc) is 2.66. The lowest BCUT2D eigenvalue weighted by Gasteiger charge is -2.18. The first-order chi connectivity index (χ1) is 12.5. The molecule has 0 aromatic heterocycles. The van der Waals surface area contributed by atoms with Crippen LogP contribution < -0.4 is 15.8 Å². The van der Waals surface area contributed by atoms with Crippen LogP contribution in [0.1, 0.15) is 35.3 Å². The lowest BCUT2D eigenvalue weighted by molar-refractivity contribution is 0.0948. The van der Waals surface area contributed by atoms with Crippen LogP contribution in [0.2, 0.25) is 5.02 Å². The Balaban J connectivity index is 0.00000364. The highest BCUT2D eigenvalue weighted by atomic mass is 35.5. The number of ether oxygens (including phenoxy) is 1. The van der Waals surface area contributed by atoms with Crippen LogP contribution >= 0.6 is 36.4 Å². The molecule has 0 heterocycles. The number of carbonyl (C=O) groups is 1. The molecule has 0 saturated heterocycles. The molecule has 2 aromatic carbocycles. The number of methoxy groups -OCH3 is 1. The van der Waals surface area contributed by atoms with E-state index in [1.165, 1.54) is 18.7 Å². The summed E-state index contributed by atoms with van der Waals surface area (Å²) in [5.41, 5.74) is 8.79. The Morgan fingerprint density at radius 1 is 1.11 bits per heavy atom. The minimum atomic E-state index is -0.254. The van der Waals surface area contributed by atoms with Crippen molar-refractivity contribution in [2.45, 2.75) is 26.9 Å². The van der Waals surface area contributed by atoms with Gasteiger partial charge in [-0.15, -0.1) is 24.8 Å². The van der Waals surface area contributed by atoms with Gasteiger partial charge in [-0.25, -0.2) is 0 Å². The van der Waals surface area contributed by atoms with E-state index in [9.17, 15) is 4.79 Å². The third-order valence-electron chi connectivity index (χ3n) is 4.34. The van der Waals surface area contributed by atoms with Crippen LogP contribution in [0.5, 0.6) is 5.75 Å². The number of nitrogens with zero attached hydrogens (tertiary/aromatic N) is 1. The van der Waals surface area contributed by atoms with Gasteiger partial charge in [-0.3, -0.25) is 9.69 Å². The molecule has 0 radical (unpaired) electrons. The van der Waals surface area contributed by atoms with E-state index in [-0.39, 0.29) is 30.7 Å². The molecule has 0 saturated carbocycles. The van der Waals surface area contributed by atoms with Crippen molar-refractivity contribution in [3.63, 3.8) is 0 Å². The number of amides is 1. The zero-order valence-electron chi connectivity index (χ0n) is 16.3. The number of hydrogen-bond donors (Lipinski definition) is 2. The topological polar surface area (TPSA) is 67.6 Å². The molecule has 0 aliphatic rings. The lowest BCUT2D eigenvalue weighted by atomic mass is 10.1. The van der Waals surface area contributed by atoms with Crippen LogP contribution in [0, 0.1) is 0 Å². The largest absolute Gasteiger partial charge is 0.496 e. The summed E-state index contributed by atoms with van der Waals surface area (Å²) in [6, 6.07) is 11.3. The molecule has 2 aromatic rings. The molecule has 0 fully saturated rings. The van der Waals surface area contributed by atoms with Crippen LogP contribution in [0.4, 0.5) is 5.69 Å². The molecule has 0 aliphatic heterocycles. The van der Waals surface area contributed by atoms with Gasteiger partial charge < -0.3 is 15.8 Å². The second-order valence-electron chi connectivity index (χ2n) is 6.03. The van der Waals surface area contributed by atoms with Crippen LogP contribution in [-0.4, -0.2) is 31.0 Å². The molecule has 8 heteroatoms. The van der Waals surface area contributed by atoms with Gasteiger partial charge in [0, 0.05) is 19.2 Å². The summed E-state index contributed by atoms with van der Waals surface area (Å²) >= 11 is 6.02. The van der Waals surface area contributed by atoms with Gasteiger partial charge in [0.1, 0.15) is 5.75 Å².